The van der Waals surface area contributed by atoms with E-state index in [9.17, 15) is 10.1 Å². The average Bonchev–Trinajstić information content (AvgIpc) is 2.34. The molecule has 96 valence electrons. The van der Waals surface area contributed by atoms with E-state index in [1.807, 2.05) is 0 Å². The van der Waals surface area contributed by atoms with Crippen LogP contribution < -0.4 is 16.2 Å². The molecule has 4 N–H and O–H groups in total. The van der Waals surface area contributed by atoms with E-state index in [0.717, 1.165) is 0 Å². The number of allylic oxidation sites excluding steroid dienone is 2. The van der Waals surface area contributed by atoms with Crippen LogP contribution in [0.25, 0.3) is 0 Å². The van der Waals surface area contributed by atoms with Gasteiger partial charge in [-0.15, -0.1) is 0 Å². The number of benzene rings is 1. The summed E-state index contributed by atoms with van der Waals surface area (Å²) in [5.41, 5.74) is 11.1. The predicted molar refractivity (Wildman–Crippen MR) is 69.2 cm³/mol. The van der Waals surface area contributed by atoms with Gasteiger partial charge in [0, 0.05) is 17.8 Å². The fourth-order valence-corrected chi connectivity index (χ4v) is 1.34. The smallest absolute Gasteiger partial charge is 0.271 e. The highest BCUT2D eigenvalue weighted by molar-refractivity contribution is 6.32. The Morgan fingerprint density at radius 1 is 1.56 bits per heavy atom. The van der Waals surface area contributed by atoms with E-state index < -0.39 is 4.92 Å². The molecule has 1 rings (SSSR count). The average molecular weight is 270 g/mol. The summed E-state index contributed by atoms with van der Waals surface area (Å²) >= 11 is 5.84. The minimum absolute atomic E-state index is 0.0954. The van der Waals surface area contributed by atoms with Gasteiger partial charge in [0.25, 0.3) is 5.69 Å². The third-order valence-corrected chi connectivity index (χ3v) is 2.24. The van der Waals surface area contributed by atoms with Crippen molar-refractivity contribution < 1.29 is 9.66 Å². The lowest BCUT2D eigenvalue weighted by Gasteiger charge is -2.07. The van der Waals surface area contributed by atoms with Gasteiger partial charge in [-0.25, -0.2) is 0 Å². The van der Waals surface area contributed by atoms with Crippen molar-refractivity contribution in [3.8, 4) is 5.75 Å². The molecule has 0 saturated heterocycles. The molecule has 0 heterocycles. The van der Waals surface area contributed by atoms with Crippen LogP contribution in [-0.4, -0.2) is 11.5 Å². The third kappa shape index (κ3) is 3.99. The Hall–Kier alpha value is -2.21. The molecule has 0 amide bonds. The highest BCUT2D eigenvalue weighted by Gasteiger charge is 2.10. The van der Waals surface area contributed by atoms with Crippen LogP contribution >= 0.6 is 11.6 Å². The first-order valence-electron chi connectivity index (χ1n) is 4.94. The lowest BCUT2D eigenvalue weighted by atomic mass is 10.3. The molecule has 0 radical (unpaired) electrons. The fourth-order valence-electron chi connectivity index (χ4n) is 1.11. The van der Waals surface area contributed by atoms with Crippen LogP contribution in [0.5, 0.6) is 5.75 Å². The van der Waals surface area contributed by atoms with Gasteiger partial charge in [-0.3, -0.25) is 10.1 Å². The van der Waals surface area contributed by atoms with Gasteiger partial charge in [-0.05, 0) is 24.4 Å². The van der Waals surface area contributed by atoms with Gasteiger partial charge in [0.1, 0.15) is 12.4 Å². The molecule has 18 heavy (non-hydrogen) atoms. The van der Waals surface area contributed by atoms with Crippen LogP contribution in [0.4, 0.5) is 5.69 Å². The molecule has 0 aliphatic rings. The van der Waals surface area contributed by atoms with Crippen molar-refractivity contribution in [2.24, 2.45) is 11.5 Å². The van der Waals surface area contributed by atoms with Crippen LogP contribution in [0.1, 0.15) is 0 Å². The molecule has 0 aromatic heterocycles. The van der Waals surface area contributed by atoms with Crippen molar-refractivity contribution >= 4 is 17.3 Å². The van der Waals surface area contributed by atoms with Crippen molar-refractivity contribution in [2.45, 2.75) is 0 Å². The predicted octanol–water partition coefficient (Wildman–Crippen LogP) is 1.94. The summed E-state index contributed by atoms with van der Waals surface area (Å²) in [7, 11) is 0. The molecule has 7 heteroatoms. The van der Waals surface area contributed by atoms with Crippen molar-refractivity contribution in [3.05, 3.63) is 57.4 Å². The molecule has 0 spiro atoms. The first-order valence-corrected chi connectivity index (χ1v) is 5.32. The maximum absolute atomic E-state index is 10.5. The molecule has 0 aliphatic carbocycles. The minimum Gasteiger partial charge on any atom is -0.486 e. The largest absolute Gasteiger partial charge is 0.486 e. The number of rotatable bonds is 5. The Labute approximate surface area is 109 Å². The van der Waals surface area contributed by atoms with Crippen LogP contribution in [0.2, 0.25) is 5.02 Å². The molecule has 0 saturated carbocycles. The number of hydrogen-bond donors (Lipinski definition) is 2. The maximum atomic E-state index is 10.5. The number of ether oxygens (including phenoxy) is 1. The van der Waals surface area contributed by atoms with Crippen LogP contribution in [0.3, 0.4) is 0 Å². The molecule has 0 atom stereocenters. The standard InChI is InChI=1S/C11H12ClN3O3/c12-10-6-9(15(16)17)3-4-11(10)18-7-8(14)2-1-5-13/h1-6H,7,13-14H2/b5-1-,8-2-. The van der Waals surface area contributed by atoms with Crippen molar-refractivity contribution in [1.29, 1.82) is 0 Å². The van der Waals surface area contributed by atoms with Crippen LogP contribution in [0, 0.1) is 10.1 Å². The first-order chi connectivity index (χ1) is 8.54. The highest BCUT2D eigenvalue weighted by atomic mass is 35.5. The van der Waals surface area contributed by atoms with Gasteiger partial charge in [0.05, 0.1) is 9.95 Å². The fraction of sp³-hybridized carbons (Fsp3) is 0.0909. The summed E-state index contributed by atoms with van der Waals surface area (Å²) in [5.74, 6) is 0.329. The van der Waals surface area contributed by atoms with E-state index in [2.05, 4.69) is 0 Å². The molecule has 1 aromatic rings. The summed E-state index contributed by atoms with van der Waals surface area (Å²) in [5, 5.41) is 10.7. The summed E-state index contributed by atoms with van der Waals surface area (Å²) in [6, 6.07) is 3.95. The summed E-state index contributed by atoms with van der Waals surface area (Å²) < 4.78 is 5.31. The summed E-state index contributed by atoms with van der Waals surface area (Å²) in [4.78, 5) is 9.97. The zero-order valence-electron chi connectivity index (χ0n) is 9.38. The molecule has 0 unspecified atom stereocenters. The van der Waals surface area contributed by atoms with E-state index in [-0.39, 0.29) is 17.3 Å². The molecule has 1 aromatic carbocycles. The number of hydrogen-bond acceptors (Lipinski definition) is 5. The third-order valence-electron chi connectivity index (χ3n) is 1.94. The monoisotopic (exact) mass is 269 g/mol. The van der Waals surface area contributed by atoms with E-state index >= 15 is 0 Å². The van der Waals surface area contributed by atoms with E-state index in [1.165, 1.54) is 24.4 Å². The number of halogens is 1. The first kappa shape index (κ1) is 13.9. The second-order valence-electron chi connectivity index (χ2n) is 3.29. The van der Waals surface area contributed by atoms with Crippen LogP contribution in [-0.2, 0) is 0 Å². The second-order valence-corrected chi connectivity index (χ2v) is 3.69. The lowest BCUT2D eigenvalue weighted by molar-refractivity contribution is -0.384. The van der Waals surface area contributed by atoms with E-state index in [0.29, 0.717) is 11.4 Å². The Morgan fingerprint density at radius 3 is 2.83 bits per heavy atom. The van der Waals surface area contributed by atoms with Crippen molar-refractivity contribution in [2.75, 3.05) is 6.61 Å². The molecule has 0 fully saturated rings. The number of nitrogens with two attached hydrogens (primary N) is 2. The van der Waals surface area contributed by atoms with Crippen molar-refractivity contribution in [3.63, 3.8) is 0 Å². The van der Waals surface area contributed by atoms with Gasteiger partial charge in [-0.2, -0.15) is 0 Å². The van der Waals surface area contributed by atoms with E-state index in [4.69, 9.17) is 27.8 Å². The SMILES string of the molecule is N/C=C\C=C(/N)COc1ccc([N+](=O)[O-])cc1Cl. The quantitative estimate of drug-likeness (QED) is 0.483. The Bertz CT molecular complexity index is 500. The maximum Gasteiger partial charge on any atom is 0.271 e. The minimum atomic E-state index is -0.532. The molecular weight excluding hydrogens is 258 g/mol. The molecule has 0 bridgehead atoms. The number of nitrogens with zero attached hydrogens (tertiary/aromatic N) is 1. The summed E-state index contributed by atoms with van der Waals surface area (Å²) in [6.45, 7) is 0.113. The Kier molecular flexibility index (Phi) is 5.01. The van der Waals surface area contributed by atoms with E-state index in [1.54, 1.807) is 12.2 Å². The van der Waals surface area contributed by atoms with Gasteiger partial charge in [0.2, 0.25) is 0 Å². The second kappa shape index (κ2) is 6.51. The zero-order valence-corrected chi connectivity index (χ0v) is 10.1. The normalized spacial score (nSPS) is 11.7. The lowest BCUT2D eigenvalue weighted by Crippen LogP contribution is -2.09. The van der Waals surface area contributed by atoms with Crippen LogP contribution in [0.15, 0.2) is 42.2 Å². The topological polar surface area (TPSA) is 104 Å². The summed E-state index contributed by atoms with van der Waals surface area (Å²) in [6.07, 6.45) is 4.49. The molecule has 6 nitrogen and oxygen atoms in total. The molecular formula is C11H12ClN3O3. The van der Waals surface area contributed by atoms with Gasteiger partial charge >= 0.3 is 0 Å². The van der Waals surface area contributed by atoms with Gasteiger partial charge in [0.15, 0.2) is 0 Å². The number of nitro groups is 1. The molecule has 0 aliphatic heterocycles. The highest BCUT2D eigenvalue weighted by Crippen LogP contribution is 2.28. The van der Waals surface area contributed by atoms with Crippen molar-refractivity contribution in [1.82, 2.24) is 0 Å². The number of non-ortho nitro benzene ring substituents is 1. The number of nitro benzene ring substituents is 1. The van der Waals surface area contributed by atoms with Gasteiger partial charge in [-0.1, -0.05) is 11.6 Å². The van der Waals surface area contributed by atoms with Gasteiger partial charge < -0.3 is 16.2 Å². The zero-order chi connectivity index (χ0) is 13.5. The Balaban J connectivity index is 2.72. The Morgan fingerprint density at radius 2 is 2.28 bits per heavy atom.